The SMILES string of the molecule is CNS(=O)(=O)CC(=O)NC1(C)CCOC1C. The van der Waals surface area contributed by atoms with Gasteiger partial charge in [0.05, 0.1) is 11.6 Å². The lowest BCUT2D eigenvalue weighted by molar-refractivity contribution is -0.121. The molecule has 0 aromatic rings. The highest BCUT2D eigenvalue weighted by Crippen LogP contribution is 2.24. The van der Waals surface area contributed by atoms with Crippen LogP contribution in [0.25, 0.3) is 0 Å². The van der Waals surface area contributed by atoms with Crippen LogP contribution in [-0.2, 0) is 19.6 Å². The number of carbonyl (C=O) groups excluding carboxylic acids is 1. The third kappa shape index (κ3) is 3.16. The molecule has 1 saturated heterocycles. The molecule has 0 bridgehead atoms. The van der Waals surface area contributed by atoms with Crippen molar-refractivity contribution in [1.29, 1.82) is 0 Å². The van der Waals surface area contributed by atoms with Gasteiger partial charge >= 0.3 is 0 Å². The van der Waals surface area contributed by atoms with Gasteiger partial charge in [-0.2, -0.15) is 0 Å². The molecular formula is C9H18N2O4S. The summed E-state index contributed by atoms with van der Waals surface area (Å²) in [6.07, 6.45) is 0.591. The van der Waals surface area contributed by atoms with Gasteiger partial charge in [0.1, 0.15) is 5.75 Å². The molecule has 1 heterocycles. The normalized spacial score (nSPS) is 30.3. The van der Waals surface area contributed by atoms with Crippen molar-refractivity contribution in [1.82, 2.24) is 10.0 Å². The van der Waals surface area contributed by atoms with Crippen LogP contribution in [0.5, 0.6) is 0 Å². The van der Waals surface area contributed by atoms with Crippen LogP contribution in [0, 0.1) is 0 Å². The Morgan fingerprint density at radius 3 is 2.62 bits per heavy atom. The van der Waals surface area contributed by atoms with Crippen molar-refractivity contribution < 1.29 is 17.9 Å². The number of rotatable bonds is 4. The summed E-state index contributed by atoms with van der Waals surface area (Å²) in [5.74, 6) is -1.06. The van der Waals surface area contributed by atoms with E-state index < -0.39 is 27.2 Å². The van der Waals surface area contributed by atoms with Crippen molar-refractivity contribution in [3.63, 3.8) is 0 Å². The van der Waals surface area contributed by atoms with E-state index in [-0.39, 0.29) is 6.10 Å². The number of hydrogen-bond donors (Lipinski definition) is 2. The van der Waals surface area contributed by atoms with Gasteiger partial charge in [-0.15, -0.1) is 0 Å². The van der Waals surface area contributed by atoms with Gasteiger partial charge in [0.25, 0.3) is 0 Å². The standard InChI is InChI=1S/C9H18N2O4S/c1-7-9(2,4-5-15-7)11-8(12)6-16(13,14)10-3/h7,10H,4-6H2,1-3H3,(H,11,12). The van der Waals surface area contributed by atoms with E-state index in [4.69, 9.17) is 4.74 Å². The second kappa shape index (κ2) is 4.68. The molecule has 2 N–H and O–H groups in total. The monoisotopic (exact) mass is 250 g/mol. The molecule has 6 nitrogen and oxygen atoms in total. The molecule has 16 heavy (non-hydrogen) atoms. The van der Waals surface area contributed by atoms with Crippen LogP contribution in [-0.4, -0.2) is 45.4 Å². The highest BCUT2D eigenvalue weighted by molar-refractivity contribution is 7.90. The van der Waals surface area contributed by atoms with E-state index >= 15 is 0 Å². The first-order valence-corrected chi connectivity index (χ1v) is 6.78. The molecule has 94 valence electrons. The van der Waals surface area contributed by atoms with Gasteiger partial charge in [0.2, 0.25) is 15.9 Å². The van der Waals surface area contributed by atoms with Crippen molar-refractivity contribution in [2.24, 2.45) is 0 Å². The van der Waals surface area contributed by atoms with Crippen LogP contribution in [0.3, 0.4) is 0 Å². The fraction of sp³-hybridized carbons (Fsp3) is 0.889. The predicted octanol–water partition coefficient (Wildman–Crippen LogP) is -0.781. The van der Waals surface area contributed by atoms with Crippen LogP contribution in [0.1, 0.15) is 20.3 Å². The molecule has 0 aromatic heterocycles. The molecule has 1 fully saturated rings. The molecule has 0 saturated carbocycles. The predicted molar refractivity (Wildman–Crippen MR) is 59.4 cm³/mol. The summed E-state index contributed by atoms with van der Waals surface area (Å²) in [5.41, 5.74) is -0.472. The van der Waals surface area contributed by atoms with Gasteiger partial charge in [0, 0.05) is 6.61 Å². The minimum absolute atomic E-state index is 0.103. The zero-order chi connectivity index (χ0) is 12.4. The van der Waals surface area contributed by atoms with E-state index in [0.717, 1.165) is 0 Å². The lowest BCUT2D eigenvalue weighted by Crippen LogP contribution is -2.52. The van der Waals surface area contributed by atoms with E-state index in [0.29, 0.717) is 13.0 Å². The summed E-state index contributed by atoms with van der Waals surface area (Å²) in [7, 11) is -2.22. The van der Waals surface area contributed by atoms with Crippen molar-refractivity contribution in [2.75, 3.05) is 19.4 Å². The Hall–Kier alpha value is -0.660. The Balaban J connectivity index is 2.58. The molecule has 0 aromatic carbocycles. The topological polar surface area (TPSA) is 84.5 Å². The minimum Gasteiger partial charge on any atom is -0.376 e. The number of sulfonamides is 1. The maximum Gasteiger partial charge on any atom is 0.237 e. The third-order valence-electron chi connectivity index (χ3n) is 2.94. The second-order valence-electron chi connectivity index (χ2n) is 4.19. The quantitative estimate of drug-likeness (QED) is 0.685. The molecule has 2 unspecified atom stereocenters. The maximum atomic E-state index is 11.5. The van der Waals surface area contributed by atoms with Crippen LogP contribution in [0.15, 0.2) is 0 Å². The van der Waals surface area contributed by atoms with Crippen LogP contribution in [0.4, 0.5) is 0 Å². The molecule has 2 atom stereocenters. The van der Waals surface area contributed by atoms with E-state index in [1.807, 2.05) is 13.8 Å². The molecular weight excluding hydrogens is 232 g/mol. The third-order valence-corrected chi connectivity index (χ3v) is 4.21. The molecule has 1 amide bonds. The number of ether oxygens (including phenoxy) is 1. The van der Waals surface area contributed by atoms with Gasteiger partial charge in [-0.05, 0) is 27.3 Å². The average Bonchev–Trinajstić information content (AvgIpc) is 2.45. The van der Waals surface area contributed by atoms with E-state index in [2.05, 4.69) is 10.0 Å². The van der Waals surface area contributed by atoms with Crippen molar-refractivity contribution >= 4 is 15.9 Å². The highest BCUT2D eigenvalue weighted by atomic mass is 32.2. The van der Waals surface area contributed by atoms with Crippen LogP contribution < -0.4 is 10.0 Å². The van der Waals surface area contributed by atoms with Gasteiger partial charge in [-0.3, -0.25) is 4.79 Å². The van der Waals surface area contributed by atoms with Gasteiger partial charge in [-0.25, -0.2) is 13.1 Å². The van der Waals surface area contributed by atoms with E-state index in [9.17, 15) is 13.2 Å². The molecule has 7 heteroatoms. The van der Waals surface area contributed by atoms with Gasteiger partial charge < -0.3 is 10.1 Å². The summed E-state index contributed by atoms with van der Waals surface area (Å²) in [6, 6.07) is 0. The van der Waals surface area contributed by atoms with Gasteiger partial charge in [0.15, 0.2) is 0 Å². The summed E-state index contributed by atoms with van der Waals surface area (Å²) in [5, 5.41) is 2.71. The highest BCUT2D eigenvalue weighted by Gasteiger charge is 2.38. The molecule has 0 spiro atoms. The largest absolute Gasteiger partial charge is 0.376 e. The molecule has 1 aliphatic rings. The van der Waals surface area contributed by atoms with Crippen molar-refractivity contribution in [3.8, 4) is 0 Å². The number of amides is 1. The Kier molecular flexibility index (Phi) is 3.92. The number of nitrogens with one attached hydrogen (secondary N) is 2. The lowest BCUT2D eigenvalue weighted by Gasteiger charge is -2.28. The maximum absolute atomic E-state index is 11.5. The van der Waals surface area contributed by atoms with E-state index in [1.54, 1.807) is 0 Å². The minimum atomic E-state index is -3.51. The molecule has 1 aliphatic heterocycles. The lowest BCUT2D eigenvalue weighted by atomic mass is 9.95. The Morgan fingerprint density at radius 1 is 1.56 bits per heavy atom. The Bertz CT molecular complexity index is 368. The molecule has 1 rings (SSSR count). The fourth-order valence-electron chi connectivity index (χ4n) is 1.60. The first-order valence-electron chi connectivity index (χ1n) is 5.13. The molecule has 0 radical (unpaired) electrons. The van der Waals surface area contributed by atoms with Crippen LogP contribution >= 0.6 is 0 Å². The Morgan fingerprint density at radius 2 is 2.19 bits per heavy atom. The van der Waals surface area contributed by atoms with Crippen molar-refractivity contribution in [2.45, 2.75) is 31.9 Å². The Labute approximate surface area is 95.8 Å². The first-order chi connectivity index (χ1) is 7.29. The van der Waals surface area contributed by atoms with E-state index in [1.165, 1.54) is 7.05 Å². The van der Waals surface area contributed by atoms with Gasteiger partial charge in [-0.1, -0.05) is 0 Å². The number of hydrogen-bond acceptors (Lipinski definition) is 4. The summed E-state index contributed by atoms with van der Waals surface area (Å²) in [4.78, 5) is 11.5. The molecule has 0 aliphatic carbocycles. The zero-order valence-electron chi connectivity index (χ0n) is 9.74. The fourth-order valence-corrected chi connectivity index (χ4v) is 2.16. The first kappa shape index (κ1) is 13.4. The second-order valence-corrected chi connectivity index (χ2v) is 6.12. The average molecular weight is 250 g/mol. The smallest absolute Gasteiger partial charge is 0.237 e. The zero-order valence-corrected chi connectivity index (χ0v) is 10.6. The summed E-state index contributed by atoms with van der Waals surface area (Å²) in [6.45, 7) is 4.30. The van der Waals surface area contributed by atoms with Crippen LogP contribution in [0.2, 0.25) is 0 Å². The number of carbonyl (C=O) groups is 1. The summed E-state index contributed by atoms with van der Waals surface area (Å²) >= 11 is 0. The van der Waals surface area contributed by atoms with Crippen molar-refractivity contribution in [3.05, 3.63) is 0 Å². The summed E-state index contributed by atoms with van der Waals surface area (Å²) < 4.78 is 29.8.